The topological polar surface area (TPSA) is 169 Å². The van der Waals surface area contributed by atoms with E-state index in [0.29, 0.717) is 45.3 Å². The van der Waals surface area contributed by atoms with Crippen LogP contribution in [0.15, 0.2) is 107 Å². The second kappa shape index (κ2) is 16.5. The van der Waals surface area contributed by atoms with Crippen molar-refractivity contribution in [2.24, 2.45) is 0 Å². The summed E-state index contributed by atoms with van der Waals surface area (Å²) in [6.07, 6.45) is 4.75. The maximum atomic E-state index is 14.1. The van der Waals surface area contributed by atoms with Crippen molar-refractivity contribution in [2.45, 2.75) is 13.1 Å². The van der Waals surface area contributed by atoms with E-state index in [1.807, 2.05) is 0 Å². The Morgan fingerprint density at radius 1 is 0.636 bits per heavy atom. The van der Waals surface area contributed by atoms with Crippen molar-refractivity contribution in [3.05, 3.63) is 137 Å². The molecule has 0 aliphatic rings. The normalized spacial score (nSPS) is 11.0. The summed E-state index contributed by atoms with van der Waals surface area (Å²) in [7, 11) is 0. The van der Waals surface area contributed by atoms with Crippen LogP contribution < -0.4 is 4.74 Å². The van der Waals surface area contributed by atoms with E-state index in [2.05, 4.69) is 40.4 Å². The lowest BCUT2D eigenvalue weighted by molar-refractivity contribution is 0.191. The first-order valence-corrected chi connectivity index (χ1v) is 16.5. The highest BCUT2D eigenvalue weighted by atomic mass is 35.5. The fourth-order valence-corrected chi connectivity index (χ4v) is 5.29. The van der Waals surface area contributed by atoms with Gasteiger partial charge >= 0.3 is 0 Å². The quantitative estimate of drug-likeness (QED) is 0.110. The van der Waals surface area contributed by atoms with E-state index in [1.165, 1.54) is 29.3 Å². The van der Waals surface area contributed by atoms with Crippen molar-refractivity contribution in [3.8, 4) is 51.7 Å². The van der Waals surface area contributed by atoms with Gasteiger partial charge in [-0.15, -0.1) is 0 Å². The van der Waals surface area contributed by atoms with Gasteiger partial charge < -0.3 is 18.9 Å². The summed E-state index contributed by atoms with van der Waals surface area (Å²) < 4.78 is 73.2. The Balaban J connectivity index is 0.000000170. The zero-order valence-electron chi connectivity index (χ0n) is 28.1. The number of aliphatic hydroxyl groups excluding tert-OH is 1. The van der Waals surface area contributed by atoms with Crippen LogP contribution in [-0.2, 0) is 13.1 Å². The summed E-state index contributed by atoms with van der Waals surface area (Å²) in [5.41, 5.74) is 3.65. The van der Waals surface area contributed by atoms with Gasteiger partial charge in [0.05, 0.1) is 43.5 Å². The van der Waals surface area contributed by atoms with E-state index in [9.17, 15) is 17.6 Å². The fourth-order valence-electron chi connectivity index (χ4n) is 5.16. The van der Waals surface area contributed by atoms with Gasteiger partial charge in [0.1, 0.15) is 53.5 Å². The molecule has 278 valence electrons. The summed E-state index contributed by atoms with van der Waals surface area (Å²) >= 11 is 5.72. The van der Waals surface area contributed by atoms with Gasteiger partial charge in [-0.1, -0.05) is 58.3 Å². The van der Waals surface area contributed by atoms with E-state index in [0.717, 1.165) is 12.4 Å². The Kier molecular flexibility index (Phi) is 11.0. The van der Waals surface area contributed by atoms with Crippen LogP contribution in [0.4, 0.5) is 17.6 Å². The predicted octanol–water partition coefficient (Wildman–Crippen LogP) is 6.67. The molecule has 0 radical (unpaired) electrons. The lowest BCUT2D eigenvalue weighted by Crippen LogP contribution is -2.07. The van der Waals surface area contributed by atoms with Crippen LogP contribution in [0.25, 0.3) is 45.8 Å². The van der Waals surface area contributed by atoms with Gasteiger partial charge in [-0.3, -0.25) is 9.36 Å². The average molecular weight is 773 g/mol. The largest absolute Gasteiger partial charge is 0.473 e. The smallest absolute Gasteiger partial charge is 0.254 e. The highest BCUT2D eigenvalue weighted by molar-refractivity contribution is 6.29. The van der Waals surface area contributed by atoms with E-state index >= 15 is 0 Å². The summed E-state index contributed by atoms with van der Waals surface area (Å²) in [4.78, 5) is 15.8. The Hall–Kier alpha value is -6.79. The number of ether oxygens (including phenoxy) is 1. The molecule has 0 amide bonds. The van der Waals surface area contributed by atoms with E-state index in [-0.39, 0.29) is 60.6 Å². The summed E-state index contributed by atoms with van der Waals surface area (Å²) in [6.45, 7) is -0.112. The second-order valence-corrected chi connectivity index (χ2v) is 11.7. The number of hydrogen-bond acceptors (Lipinski definition) is 12. The fraction of sp³-hybridized carbons (Fsp3) is 0.111. The molecular weight excluding hydrogens is 748 g/mol. The molecule has 8 aromatic rings. The number of hydrogen-bond donors (Lipinski definition) is 1. The third-order valence-electron chi connectivity index (χ3n) is 7.72. The zero-order chi connectivity index (χ0) is 38.3. The van der Waals surface area contributed by atoms with Crippen LogP contribution >= 0.6 is 11.6 Å². The molecule has 0 fully saturated rings. The minimum absolute atomic E-state index is 0.108. The first-order valence-electron chi connectivity index (χ1n) is 16.2. The van der Waals surface area contributed by atoms with Gasteiger partial charge in [-0.25, -0.2) is 28.1 Å². The van der Waals surface area contributed by atoms with E-state index in [4.69, 9.17) is 30.5 Å². The van der Waals surface area contributed by atoms with Gasteiger partial charge in [-0.2, -0.15) is 19.6 Å². The average Bonchev–Trinajstić information content (AvgIpc) is 4.03. The molecule has 6 aromatic heterocycles. The summed E-state index contributed by atoms with van der Waals surface area (Å²) in [6, 6.07) is 19.3. The molecule has 0 atom stereocenters. The molecular formula is C36H25ClF4N10O4. The van der Waals surface area contributed by atoms with Crippen LogP contribution in [0, 0.1) is 23.3 Å². The van der Waals surface area contributed by atoms with Crippen LogP contribution in [0.1, 0.15) is 11.1 Å². The molecule has 2 aromatic carbocycles. The molecule has 0 aliphatic carbocycles. The maximum Gasteiger partial charge on any atom is 0.254 e. The minimum atomic E-state index is -0.760. The number of aromatic nitrogens is 10. The molecule has 19 heteroatoms. The van der Waals surface area contributed by atoms with Crippen LogP contribution in [0.3, 0.4) is 0 Å². The second-order valence-electron chi connectivity index (χ2n) is 11.3. The van der Waals surface area contributed by atoms with Gasteiger partial charge in [0.15, 0.2) is 22.6 Å². The third-order valence-corrected chi connectivity index (χ3v) is 7.98. The number of halogens is 5. The Labute approximate surface area is 312 Å². The number of aliphatic hydroxyl groups is 1. The summed E-state index contributed by atoms with van der Waals surface area (Å²) in [5.74, 6) is -2.24. The maximum absolute atomic E-state index is 14.1. The standard InChI is InChI=1S/C19H15F2N5O3.C17H10ClF2N5O/c20-13-4-2-1-3-12(13)11-26-17(15-5-7-29-25-15)9-16(24-26)18-22-10-14(21)19(23-18)28-8-6-27;18-16-12(20)8-21-17(22-16)14-7-15(13-5-6-26-24-13)25(23-14)9-10-3-1-2-4-11(10)19/h1-5,7,9-10,27H,6,8,11H2;1-8H,9H2. The predicted molar refractivity (Wildman–Crippen MR) is 186 cm³/mol. The number of nitrogens with zero attached hydrogens (tertiary/aromatic N) is 10. The van der Waals surface area contributed by atoms with Crippen LogP contribution in [-0.4, -0.2) is 68.1 Å². The molecule has 6 heterocycles. The van der Waals surface area contributed by atoms with Gasteiger partial charge in [0.2, 0.25) is 5.82 Å². The molecule has 0 saturated heterocycles. The monoisotopic (exact) mass is 772 g/mol. The SMILES string of the molecule is Fc1ccccc1Cn1nc(-c2ncc(F)c(Cl)n2)cc1-c1ccon1.OCCOc1nc(-c2cc(-c3ccon3)n(Cc3ccccc3F)n2)ncc1F. The lowest BCUT2D eigenvalue weighted by Gasteiger charge is -2.07. The van der Waals surface area contributed by atoms with Crippen molar-refractivity contribution in [3.63, 3.8) is 0 Å². The van der Waals surface area contributed by atoms with Gasteiger partial charge in [0, 0.05) is 23.3 Å². The van der Waals surface area contributed by atoms with Crippen molar-refractivity contribution in [2.75, 3.05) is 13.2 Å². The van der Waals surface area contributed by atoms with Gasteiger partial charge in [-0.05, 0) is 24.3 Å². The Morgan fingerprint density at radius 3 is 1.62 bits per heavy atom. The van der Waals surface area contributed by atoms with E-state index in [1.54, 1.807) is 65.3 Å². The van der Waals surface area contributed by atoms with Crippen molar-refractivity contribution < 1.29 is 36.5 Å². The lowest BCUT2D eigenvalue weighted by atomic mass is 10.2. The van der Waals surface area contributed by atoms with E-state index < -0.39 is 11.6 Å². The Morgan fingerprint density at radius 2 is 1.15 bits per heavy atom. The van der Waals surface area contributed by atoms with Crippen molar-refractivity contribution in [1.29, 1.82) is 0 Å². The molecule has 8 rings (SSSR count). The van der Waals surface area contributed by atoms with Crippen molar-refractivity contribution in [1.82, 2.24) is 49.8 Å². The first kappa shape index (κ1) is 36.6. The number of benzene rings is 2. The van der Waals surface area contributed by atoms with Crippen molar-refractivity contribution >= 4 is 11.6 Å². The highest BCUT2D eigenvalue weighted by Crippen LogP contribution is 2.28. The molecule has 0 saturated carbocycles. The molecule has 0 aliphatic heterocycles. The molecule has 0 bridgehead atoms. The Bertz CT molecular complexity index is 2530. The molecule has 1 N–H and O–H groups in total. The highest BCUT2D eigenvalue weighted by Gasteiger charge is 2.20. The molecule has 55 heavy (non-hydrogen) atoms. The third kappa shape index (κ3) is 8.40. The first-order chi connectivity index (χ1) is 26.8. The zero-order valence-corrected chi connectivity index (χ0v) is 28.9. The summed E-state index contributed by atoms with van der Waals surface area (Å²) in [5, 5.41) is 25.2. The minimum Gasteiger partial charge on any atom is -0.473 e. The van der Waals surface area contributed by atoms with Crippen LogP contribution in [0.2, 0.25) is 5.15 Å². The number of rotatable bonds is 11. The van der Waals surface area contributed by atoms with Gasteiger partial charge in [0.25, 0.3) is 5.88 Å². The molecule has 0 spiro atoms. The molecule has 14 nitrogen and oxygen atoms in total. The molecule has 0 unspecified atom stereocenters. The van der Waals surface area contributed by atoms with Crippen LogP contribution in [0.5, 0.6) is 5.88 Å².